The highest BCUT2D eigenvalue weighted by Crippen LogP contribution is 2.22. The van der Waals surface area contributed by atoms with Crippen LogP contribution in [0.4, 0.5) is 17.1 Å². The van der Waals surface area contributed by atoms with Crippen LogP contribution in [0.25, 0.3) is 0 Å². The lowest BCUT2D eigenvalue weighted by molar-refractivity contribution is -0.117. The number of aryl methyl sites for hydroxylation is 1. The number of carbonyl (C=O) groups excluding carboxylic acids is 1. The van der Waals surface area contributed by atoms with Gasteiger partial charge in [-0.1, -0.05) is 23.7 Å². The summed E-state index contributed by atoms with van der Waals surface area (Å²) >= 11 is 5.90. The van der Waals surface area contributed by atoms with Gasteiger partial charge < -0.3 is 16.0 Å². The monoisotopic (exact) mass is 358 g/mol. The number of piperazine rings is 1. The van der Waals surface area contributed by atoms with E-state index in [9.17, 15) is 4.79 Å². The van der Waals surface area contributed by atoms with Crippen molar-refractivity contribution in [3.8, 4) is 0 Å². The Kier molecular flexibility index (Phi) is 5.46. The molecule has 1 saturated heterocycles. The highest BCUT2D eigenvalue weighted by molar-refractivity contribution is 6.33. The van der Waals surface area contributed by atoms with Crippen LogP contribution >= 0.6 is 11.6 Å². The third-order valence-corrected chi connectivity index (χ3v) is 4.73. The Morgan fingerprint density at radius 2 is 1.92 bits per heavy atom. The van der Waals surface area contributed by atoms with E-state index >= 15 is 0 Å². The molecule has 6 heteroatoms. The van der Waals surface area contributed by atoms with E-state index in [0.29, 0.717) is 22.9 Å². The number of hydrogen-bond acceptors (Lipinski definition) is 4. The van der Waals surface area contributed by atoms with Crippen molar-refractivity contribution in [3.63, 3.8) is 0 Å². The number of benzene rings is 2. The van der Waals surface area contributed by atoms with Crippen LogP contribution in [0.15, 0.2) is 42.5 Å². The molecule has 1 amide bonds. The van der Waals surface area contributed by atoms with Gasteiger partial charge in [0.05, 0.1) is 17.3 Å². The van der Waals surface area contributed by atoms with E-state index < -0.39 is 0 Å². The SMILES string of the molecule is Cc1cccc(N2CCN(CC(=O)Nc3ccc(Cl)c(N)c3)CC2)c1. The third kappa shape index (κ3) is 4.65. The van der Waals surface area contributed by atoms with Gasteiger partial charge in [-0.3, -0.25) is 9.69 Å². The molecular formula is C19H23ClN4O. The molecule has 0 atom stereocenters. The fraction of sp³-hybridized carbons (Fsp3) is 0.316. The van der Waals surface area contributed by atoms with Gasteiger partial charge in [-0.25, -0.2) is 0 Å². The van der Waals surface area contributed by atoms with Crippen molar-refractivity contribution < 1.29 is 4.79 Å². The molecule has 1 heterocycles. The molecular weight excluding hydrogens is 336 g/mol. The van der Waals surface area contributed by atoms with Crippen LogP contribution in [0.5, 0.6) is 0 Å². The van der Waals surface area contributed by atoms with Crippen molar-refractivity contribution in [2.75, 3.05) is 48.7 Å². The number of hydrogen-bond donors (Lipinski definition) is 2. The number of nitrogens with zero attached hydrogens (tertiary/aromatic N) is 2. The average molecular weight is 359 g/mol. The van der Waals surface area contributed by atoms with Gasteiger partial charge in [0, 0.05) is 37.6 Å². The highest BCUT2D eigenvalue weighted by atomic mass is 35.5. The zero-order chi connectivity index (χ0) is 17.8. The molecule has 0 aromatic heterocycles. The summed E-state index contributed by atoms with van der Waals surface area (Å²) in [5.74, 6) is -0.0364. The first-order valence-corrected chi connectivity index (χ1v) is 8.78. The van der Waals surface area contributed by atoms with Gasteiger partial charge in [-0.15, -0.1) is 0 Å². The number of halogens is 1. The number of nitrogen functional groups attached to an aromatic ring is 1. The van der Waals surface area contributed by atoms with Crippen LogP contribution < -0.4 is 16.0 Å². The van der Waals surface area contributed by atoms with Crippen LogP contribution in [0.3, 0.4) is 0 Å². The van der Waals surface area contributed by atoms with Crippen molar-refractivity contribution in [2.45, 2.75) is 6.92 Å². The van der Waals surface area contributed by atoms with Gasteiger partial charge in [0.25, 0.3) is 0 Å². The first-order chi connectivity index (χ1) is 12.0. The fourth-order valence-electron chi connectivity index (χ4n) is 3.01. The molecule has 0 unspecified atom stereocenters. The molecule has 0 saturated carbocycles. The van der Waals surface area contributed by atoms with Crippen molar-refractivity contribution >= 4 is 34.6 Å². The van der Waals surface area contributed by atoms with Crippen LogP contribution in [0.2, 0.25) is 5.02 Å². The number of amides is 1. The molecule has 0 aliphatic carbocycles. The van der Waals surface area contributed by atoms with Crippen LogP contribution in [-0.2, 0) is 4.79 Å². The number of nitrogens with one attached hydrogen (secondary N) is 1. The summed E-state index contributed by atoms with van der Waals surface area (Å²) in [5.41, 5.74) is 9.41. The van der Waals surface area contributed by atoms with Gasteiger partial charge >= 0.3 is 0 Å². The molecule has 25 heavy (non-hydrogen) atoms. The van der Waals surface area contributed by atoms with Gasteiger partial charge in [-0.05, 0) is 42.8 Å². The van der Waals surface area contributed by atoms with E-state index in [-0.39, 0.29) is 5.91 Å². The van der Waals surface area contributed by atoms with Crippen molar-refractivity contribution in [3.05, 3.63) is 53.1 Å². The quantitative estimate of drug-likeness (QED) is 0.825. The molecule has 132 valence electrons. The molecule has 1 aliphatic heterocycles. The van der Waals surface area contributed by atoms with E-state index in [2.05, 4.69) is 46.3 Å². The second-order valence-corrected chi connectivity index (χ2v) is 6.79. The first-order valence-electron chi connectivity index (χ1n) is 8.40. The molecule has 0 spiro atoms. The van der Waals surface area contributed by atoms with Gasteiger partial charge in [0.2, 0.25) is 5.91 Å². The minimum Gasteiger partial charge on any atom is -0.397 e. The average Bonchev–Trinajstić information content (AvgIpc) is 2.59. The Balaban J connectivity index is 1.50. The van der Waals surface area contributed by atoms with Gasteiger partial charge in [0.15, 0.2) is 0 Å². The number of rotatable bonds is 4. The highest BCUT2D eigenvalue weighted by Gasteiger charge is 2.19. The Hall–Kier alpha value is -2.24. The van der Waals surface area contributed by atoms with Crippen LogP contribution in [0.1, 0.15) is 5.56 Å². The maximum Gasteiger partial charge on any atom is 0.238 e. The number of carbonyl (C=O) groups is 1. The lowest BCUT2D eigenvalue weighted by atomic mass is 10.2. The lowest BCUT2D eigenvalue weighted by Crippen LogP contribution is -2.48. The molecule has 2 aromatic carbocycles. The summed E-state index contributed by atoms with van der Waals surface area (Å²) < 4.78 is 0. The van der Waals surface area contributed by atoms with Gasteiger partial charge in [0.1, 0.15) is 0 Å². The predicted molar refractivity (Wildman–Crippen MR) is 104 cm³/mol. The summed E-state index contributed by atoms with van der Waals surface area (Å²) in [7, 11) is 0. The number of nitrogens with two attached hydrogens (primary N) is 1. The minimum atomic E-state index is -0.0364. The Morgan fingerprint density at radius 3 is 2.60 bits per heavy atom. The summed E-state index contributed by atoms with van der Waals surface area (Å²) in [4.78, 5) is 16.8. The summed E-state index contributed by atoms with van der Waals surface area (Å²) in [5, 5.41) is 3.37. The Labute approximate surface area is 153 Å². The van der Waals surface area contributed by atoms with Crippen LogP contribution in [0, 0.1) is 6.92 Å². The molecule has 2 aromatic rings. The molecule has 1 aliphatic rings. The van der Waals surface area contributed by atoms with E-state index in [1.54, 1.807) is 18.2 Å². The predicted octanol–water partition coefficient (Wildman–Crippen LogP) is 2.99. The van der Waals surface area contributed by atoms with E-state index in [0.717, 1.165) is 26.2 Å². The largest absolute Gasteiger partial charge is 0.397 e. The lowest BCUT2D eigenvalue weighted by Gasteiger charge is -2.35. The molecule has 3 rings (SSSR count). The maximum absolute atomic E-state index is 12.2. The zero-order valence-corrected chi connectivity index (χ0v) is 15.1. The molecule has 3 N–H and O–H groups in total. The topological polar surface area (TPSA) is 61.6 Å². The second-order valence-electron chi connectivity index (χ2n) is 6.39. The van der Waals surface area contributed by atoms with E-state index in [1.165, 1.54) is 11.3 Å². The van der Waals surface area contributed by atoms with Crippen molar-refractivity contribution in [1.29, 1.82) is 0 Å². The molecule has 5 nitrogen and oxygen atoms in total. The van der Waals surface area contributed by atoms with Crippen LogP contribution in [-0.4, -0.2) is 43.5 Å². The standard InChI is InChI=1S/C19H23ClN4O/c1-14-3-2-4-16(11-14)24-9-7-23(8-10-24)13-19(25)22-15-5-6-17(20)18(21)12-15/h2-6,11-12H,7-10,13,21H2,1H3,(H,22,25). The van der Waals surface area contributed by atoms with E-state index in [1.807, 2.05) is 0 Å². The Morgan fingerprint density at radius 1 is 1.16 bits per heavy atom. The third-order valence-electron chi connectivity index (χ3n) is 4.39. The summed E-state index contributed by atoms with van der Waals surface area (Å²) in [6, 6.07) is 13.7. The summed E-state index contributed by atoms with van der Waals surface area (Å²) in [6.45, 7) is 6.06. The van der Waals surface area contributed by atoms with E-state index in [4.69, 9.17) is 17.3 Å². The minimum absolute atomic E-state index is 0.0364. The number of anilines is 3. The fourth-order valence-corrected chi connectivity index (χ4v) is 3.13. The molecule has 0 bridgehead atoms. The second kappa shape index (κ2) is 7.76. The maximum atomic E-state index is 12.2. The first kappa shape index (κ1) is 17.6. The molecule has 1 fully saturated rings. The normalized spacial score (nSPS) is 15.2. The van der Waals surface area contributed by atoms with Crippen molar-refractivity contribution in [1.82, 2.24) is 4.90 Å². The molecule has 0 radical (unpaired) electrons. The zero-order valence-electron chi connectivity index (χ0n) is 14.3. The van der Waals surface area contributed by atoms with Crippen molar-refractivity contribution in [2.24, 2.45) is 0 Å². The smallest absolute Gasteiger partial charge is 0.238 e. The van der Waals surface area contributed by atoms with Gasteiger partial charge in [-0.2, -0.15) is 0 Å². The Bertz CT molecular complexity index is 757. The summed E-state index contributed by atoms with van der Waals surface area (Å²) in [6.07, 6.45) is 0.